The molecule has 0 fully saturated rings. The summed E-state index contributed by atoms with van der Waals surface area (Å²) in [6.45, 7) is 13.1. The molecule has 176 valence electrons. The number of anilines is 1. The van der Waals surface area contributed by atoms with Crippen LogP contribution >= 0.6 is 0 Å². The molecule has 7 heteroatoms. The highest BCUT2D eigenvalue weighted by atomic mass is 16.5. The SMILES string of the molecule is CCOc1cc(C(=O)Nc2ccc3c(C(C)(C)C)cc(=O)[nH]c3c2)cc(OCC)c1OCC. The van der Waals surface area contributed by atoms with Crippen LogP contribution in [0.3, 0.4) is 0 Å². The molecular formula is C26H32N2O5. The van der Waals surface area contributed by atoms with Crippen molar-refractivity contribution in [3.8, 4) is 17.2 Å². The van der Waals surface area contributed by atoms with Crippen molar-refractivity contribution in [2.75, 3.05) is 25.1 Å². The van der Waals surface area contributed by atoms with Crippen molar-refractivity contribution in [1.82, 2.24) is 4.98 Å². The molecule has 0 aliphatic carbocycles. The van der Waals surface area contributed by atoms with E-state index in [1.54, 1.807) is 24.3 Å². The van der Waals surface area contributed by atoms with E-state index in [1.165, 1.54) is 0 Å². The summed E-state index contributed by atoms with van der Waals surface area (Å²) < 4.78 is 17.1. The van der Waals surface area contributed by atoms with Gasteiger partial charge in [0.05, 0.1) is 25.3 Å². The predicted octanol–water partition coefficient (Wildman–Crippen LogP) is 5.27. The molecule has 3 rings (SSSR count). The quantitative estimate of drug-likeness (QED) is 0.486. The second kappa shape index (κ2) is 9.98. The highest BCUT2D eigenvalue weighted by Crippen LogP contribution is 2.39. The summed E-state index contributed by atoms with van der Waals surface area (Å²) in [4.78, 5) is 28.2. The summed E-state index contributed by atoms with van der Waals surface area (Å²) in [5.41, 5.74) is 2.20. The lowest BCUT2D eigenvalue weighted by Crippen LogP contribution is -2.17. The molecular weight excluding hydrogens is 420 g/mol. The van der Waals surface area contributed by atoms with Crippen LogP contribution in [0.4, 0.5) is 5.69 Å². The maximum absolute atomic E-state index is 13.1. The number of amides is 1. The maximum atomic E-state index is 13.1. The summed E-state index contributed by atoms with van der Waals surface area (Å²) in [6, 6.07) is 10.4. The number of nitrogens with one attached hydrogen (secondary N) is 2. The van der Waals surface area contributed by atoms with Crippen LogP contribution in [0.1, 0.15) is 57.5 Å². The zero-order chi connectivity index (χ0) is 24.2. The Hall–Kier alpha value is -3.48. The topological polar surface area (TPSA) is 89.7 Å². The first kappa shape index (κ1) is 24.2. The van der Waals surface area contributed by atoms with Gasteiger partial charge in [-0.25, -0.2) is 0 Å². The Bertz CT molecular complexity index is 1180. The Morgan fingerprint density at radius 2 is 1.52 bits per heavy atom. The number of carbonyl (C=O) groups excluding carboxylic acids is 1. The molecule has 0 radical (unpaired) electrons. The van der Waals surface area contributed by atoms with Gasteiger partial charge < -0.3 is 24.5 Å². The minimum Gasteiger partial charge on any atom is -0.490 e. The van der Waals surface area contributed by atoms with E-state index in [2.05, 4.69) is 31.1 Å². The highest BCUT2D eigenvalue weighted by molar-refractivity contribution is 6.06. The number of ether oxygens (including phenoxy) is 3. The fourth-order valence-electron chi connectivity index (χ4n) is 3.68. The first-order valence-electron chi connectivity index (χ1n) is 11.2. The van der Waals surface area contributed by atoms with E-state index < -0.39 is 0 Å². The second-order valence-electron chi connectivity index (χ2n) is 8.61. The van der Waals surface area contributed by atoms with E-state index in [0.29, 0.717) is 53.8 Å². The monoisotopic (exact) mass is 452 g/mol. The molecule has 1 aromatic heterocycles. The van der Waals surface area contributed by atoms with Crippen molar-refractivity contribution >= 4 is 22.5 Å². The normalized spacial score (nSPS) is 11.3. The third kappa shape index (κ3) is 5.48. The molecule has 1 heterocycles. The number of rotatable bonds is 8. The molecule has 33 heavy (non-hydrogen) atoms. The third-order valence-corrected chi connectivity index (χ3v) is 5.08. The van der Waals surface area contributed by atoms with Gasteiger partial charge in [-0.2, -0.15) is 0 Å². The van der Waals surface area contributed by atoms with Crippen molar-refractivity contribution < 1.29 is 19.0 Å². The lowest BCUT2D eigenvalue weighted by molar-refractivity contribution is 0.102. The molecule has 2 N–H and O–H groups in total. The van der Waals surface area contributed by atoms with Crippen LogP contribution < -0.4 is 25.1 Å². The van der Waals surface area contributed by atoms with Crippen molar-refractivity contribution in [2.45, 2.75) is 47.0 Å². The minimum absolute atomic E-state index is 0.176. The van der Waals surface area contributed by atoms with Gasteiger partial charge in [0.15, 0.2) is 11.5 Å². The zero-order valence-corrected chi connectivity index (χ0v) is 20.1. The molecule has 7 nitrogen and oxygen atoms in total. The molecule has 0 aliphatic rings. The lowest BCUT2D eigenvalue weighted by atomic mass is 9.85. The van der Waals surface area contributed by atoms with Crippen molar-refractivity contribution in [1.29, 1.82) is 0 Å². The molecule has 1 amide bonds. The average molecular weight is 453 g/mol. The van der Waals surface area contributed by atoms with Gasteiger partial charge >= 0.3 is 0 Å². The number of pyridine rings is 1. The average Bonchev–Trinajstić information content (AvgIpc) is 2.74. The van der Waals surface area contributed by atoms with Crippen LogP contribution in [0.15, 0.2) is 41.2 Å². The lowest BCUT2D eigenvalue weighted by Gasteiger charge is -2.21. The van der Waals surface area contributed by atoms with Gasteiger partial charge in [0.25, 0.3) is 5.91 Å². The number of carbonyl (C=O) groups is 1. The summed E-state index contributed by atoms with van der Waals surface area (Å²) >= 11 is 0. The number of H-pyrrole nitrogens is 1. The number of aromatic nitrogens is 1. The van der Waals surface area contributed by atoms with Gasteiger partial charge in [0.1, 0.15) is 0 Å². The summed E-state index contributed by atoms with van der Waals surface area (Å²) in [6.07, 6.45) is 0. The Morgan fingerprint density at radius 3 is 2.06 bits per heavy atom. The molecule has 2 aromatic carbocycles. The number of hydrogen-bond donors (Lipinski definition) is 2. The number of hydrogen-bond acceptors (Lipinski definition) is 5. The van der Waals surface area contributed by atoms with Crippen LogP contribution in [0.2, 0.25) is 0 Å². The Labute approximate surface area is 194 Å². The van der Waals surface area contributed by atoms with Crippen molar-refractivity contribution in [2.24, 2.45) is 0 Å². The van der Waals surface area contributed by atoms with Crippen molar-refractivity contribution in [3.63, 3.8) is 0 Å². The third-order valence-electron chi connectivity index (χ3n) is 5.08. The number of benzene rings is 2. The summed E-state index contributed by atoms with van der Waals surface area (Å²) in [5, 5.41) is 3.85. The Morgan fingerprint density at radius 1 is 0.909 bits per heavy atom. The van der Waals surface area contributed by atoms with Crippen LogP contribution in [0.5, 0.6) is 17.2 Å². The zero-order valence-electron chi connectivity index (χ0n) is 20.1. The molecule has 0 atom stereocenters. The second-order valence-corrected chi connectivity index (χ2v) is 8.61. The first-order chi connectivity index (χ1) is 15.7. The fourth-order valence-corrected chi connectivity index (χ4v) is 3.68. The number of aromatic amines is 1. The van der Waals surface area contributed by atoms with Gasteiger partial charge in [-0.1, -0.05) is 26.8 Å². The van der Waals surface area contributed by atoms with E-state index in [9.17, 15) is 9.59 Å². The highest BCUT2D eigenvalue weighted by Gasteiger charge is 2.20. The van der Waals surface area contributed by atoms with E-state index in [1.807, 2.05) is 32.9 Å². The molecule has 0 unspecified atom stereocenters. The summed E-state index contributed by atoms with van der Waals surface area (Å²) in [7, 11) is 0. The molecule has 0 saturated carbocycles. The Balaban J connectivity index is 1.98. The van der Waals surface area contributed by atoms with E-state index >= 15 is 0 Å². The maximum Gasteiger partial charge on any atom is 0.255 e. The van der Waals surface area contributed by atoms with E-state index in [0.717, 1.165) is 10.9 Å². The number of fused-ring (bicyclic) bond motifs is 1. The first-order valence-corrected chi connectivity index (χ1v) is 11.2. The van der Waals surface area contributed by atoms with Crippen LogP contribution in [0.25, 0.3) is 10.9 Å². The van der Waals surface area contributed by atoms with Gasteiger partial charge in [-0.15, -0.1) is 0 Å². The van der Waals surface area contributed by atoms with Crippen LogP contribution in [-0.2, 0) is 5.41 Å². The smallest absolute Gasteiger partial charge is 0.255 e. The minimum atomic E-state index is -0.325. The van der Waals surface area contributed by atoms with Crippen LogP contribution in [0, 0.1) is 0 Å². The molecule has 0 spiro atoms. The summed E-state index contributed by atoms with van der Waals surface area (Å²) in [5.74, 6) is 1.06. The molecule has 0 bridgehead atoms. The van der Waals surface area contributed by atoms with E-state index in [-0.39, 0.29) is 16.9 Å². The molecule has 0 aliphatic heterocycles. The Kier molecular flexibility index (Phi) is 7.31. The molecule has 3 aromatic rings. The van der Waals surface area contributed by atoms with Gasteiger partial charge in [-0.05, 0) is 56.0 Å². The fraction of sp³-hybridized carbons (Fsp3) is 0.385. The largest absolute Gasteiger partial charge is 0.490 e. The van der Waals surface area contributed by atoms with Crippen LogP contribution in [-0.4, -0.2) is 30.7 Å². The van der Waals surface area contributed by atoms with Gasteiger partial charge in [0.2, 0.25) is 11.3 Å². The van der Waals surface area contributed by atoms with E-state index in [4.69, 9.17) is 14.2 Å². The predicted molar refractivity (Wildman–Crippen MR) is 131 cm³/mol. The van der Waals surface area contributed by atoms with Gasteiger partial charge in [-0.3, -0.25) is 9.59 Å². The molecule has 0 saturated heterocycles. The van der Waals surface area contributed by atoms with Crippen molar-refractivity contribution in [3.05, 3.63) is 57.9 Å². The standard InChI is InChI=1S/C26H32N2O5/c1-7-31-21-12-16(13-22(32-8-2)24(21)33-9-3)25(30)27-17-10-11-18-19(26(4,5)6)15-23(29)28-20(18)14-17/h10-15H,7-9H2,1-6H3,(H,27,30)(H,28,29). The van der Waals surface area contributed by atoms with Gasteiger partial charge in [0, 0.05) is 22.7 Å².